The molecule has 1 aromatic carbocycles. The van der Waals surface area contributed by atoms with Crippen LogP contribution in [0.1, 0.15) is 54.6 Å². The van der Waals surface area contributed by atoms with Gasteiger partial charge in [0.15, 0.2) is 6.61 Å². The van der Waals surface area contributed by atoms with Crippen LogP contribution >= 0.6 is 0 Å². The Morgan fingerprint density at radius 1 is 1.06 bits per heavy atom. The molecule has 4 aliphatic rings. The van der Waals surface area contributed by atoms with Crippen molar-refractivity contribution in [1.82, 2.24) is 20.8 Å². The van der Waals surface area contributed by atoms with E-state index in [1.54, 1.807) is 13.0 Å². The second-order valence-corrected chi connectivity index (χ2v) is 10.6. The molecule has 9 heteroatoms. The van der Waals surface area contributed by atoms with Crippen molar-refractivity contribution in [3.05, 3.63) is 47.7 Å². The molecule has 9 nitrogen and oxygen atoms in total. The van der Waals surface area contributed by atoms with Crippen molar-refractivity contribution in [2.75, 3.05) is 6.61 Å². The zero-order valence-electron chi connectivity index (χ0n) is 20.1. The Bertz CT molecular complexity index is 1310. The summed E-state index contributed by atoms with van der Waals surface area (Å²) in [7, 11) is 0. The number of carbonyl (C=O) groups is 3. The largest absolute Gasteiger partial charge is 0.452 e. The zero-order chi connectivity index (χ0) is 24.9. The van der Waals surface area contributed by atoms with E-state index >= 15 is 0 Å². The molecule has 2 heterocycles. The lowest BCUT2D eigenvalue weighted by molar-refractivity contribution is -0.123. The molecule has 4 fully saturated rings. The van der Waals surface area contributed by atoms with Gasteiger partial charge < -0.3 is 14.6 Å². The van der Waals surface area contributed by atoms with Crippen molar-refractivity contribution < 1.29 is 23.6 Å². The normalized spacial score (nSPS) is 26.1. The molecule has 4 saturated carbocycles. The Morgan fingerprint density at radius 2 is 1.72 bits per heavy atom. The van der Waals surface area contributed by atoms with Crippen LogP contribution in [-0.2, 0) is 9.53 Å². The van der Waals surface area contributed by atoms with Gasteiger partial charge in [-0.2, -0.15) is 0 Å². The fourth-order valence-corrected chi connectivity index (χ4v) is 6.92. The standard InChI is InChI=1S/C27H28N4O5/c1-15-23-20(10-21(28-24(23)36-31-15)19-5-3-2-4-6-19)25(33)35-14-22(32)29-26(34)30-27-11-16-7-17(12-27)9-18(8-16)13-27/h2-6,10,16-18H,7-9,11-14H2,1H3,(H2,29,30,32,34). The molecule has 0 atom stereocenters. The van der Waals surface area contributed by atoms with Crippen LogP contribution in [0.25, 0.3) is 22.4 Å². The number of nitrogens with one attached hydrogen (secondary N) is 2. The molecule has 7 rings (SSSR count). The summed E-state index contributed by atoms with van der Waals surface area (Å²) in [5.74, 6) is 0.620. The third kappa shape index (κ3) is 4.23. The number of imide groups is 1. The summed E-state index contributed by atoms with van der Waals surface area (Å²) in [6.45, 7) is 1.12. The number of urea groups is 1. The van der Waals surface area contributed by atoms with Gasteiger partial charge in [0, 0.05) is 11.1 Å². The molecular weight excluding hydrogens is 460 g/mol. The fraction of sp³-hybridized carbons (Fsp3) is 0.444. The molecule has 3 aromatic rings. The lowest BCUT2D eigenvalue weighted by atomic mass is 9.53. The summed E-state index contributed by atoms with van der Waals surface area (Å²) in [5, 5.41) is 9.77. The number of pyridine rings is 1. The number of hydrogen-bond donors (Lipinski definition) is 2. The Labute approximate surface area is 208 Å². The summed E-state index contributed by atoms with van der Waals surface area (Å²) >= 11 is 0. The number of rotatable bonds is 5. The van der Waals surface area contributed by atoms with Crippen molar-refractivity contribution in [1.29, 1.82) is 0 Å². The summed E-state index contributed by atoms with van der Waals surface area (Å²) < 4.78 is 10.6. The van der Waals surface area contributed by atoms with Crippen LogP contribution < -0.4 is 10.6 Å². The molecule has 3 amide bonds. The van der Waals surface area contributed by atoms with Crippen molar-refractivity contribution >= 4 is 29.0 Å². The number of carbonyl (C=O) groups excluding carboxylic acids is 3. The molecule has 4 bridgehead atoms. The van der Waals surface area contributed by atoms with E-state index in [1.807, 2.05) is 30.3 Å². The van der Waals surface area contributed by atoms with Gasteiger partial charge in [-0.1, -0.05) is 35.5 Å². The van der Waals surface area contributed by atoms with Gasteiger partial charge in [0.05, 0.1) is 22.3 Å². The van der Waals surface area contributed by atoms with Crippen molar-refractivity contribution in [3.8, 4) is 11.3 Å². The van der Waals surface area contributed by atoms with Crippen molar-refractivity contribution in [2.45, 2.75) is 51.0 Å². The van der Waals surface area contributed by atoms with Crippen LogP contribution in [0, 0.1) is 24.7 Å². The van der Waals surface area contributed by atoms with E-state index in [9.17, 15) is 14.4 Å². The SMILES string of the molecule is Cc1noc2nc(-c3ccccc3)cc(C(=O)OCC(=O)NC(=O)NC34CC5CC(CC(C5)C3)C4)c12. The first kappa shape index (κ1) is 22.7. The first-order chi connectivity index (χ1) is 17.4. The third-order valence-electron chi connectivity index (χ3n) is 7.91. The molecule has 0 saturated heterocycles. The molecule has 2 aromatic heterocycles. The van der Waals surface area contributed by atoms with E-state index in [-0.39, 0.29) is 16.8 Å². The first-order valence-corrected chi connectivity index (χ1v) is 12.5. The van der Waals surface area contributed by atoms with E-state index in [1.165, 1.54) is 19.3 Å². The predicted molar refractivity (Wildman–Crippen MR) is 130 cm³/mol. The molecule has 186 valence electrons. The van der Waals surface area contributed by atoms with Gasteiger partial charge in [-0.15, -0.1) is 0 Å². The second-order valence-electron chi connectivity index (χ2n) is 10.6. The number of esters is 1. The van der Waals surface area contributed by atoms with Crippen LogP contribution in [0.2, 0.25) is 0 Å². The third-order valence-corrected chi connectivity index (χ3v) is 7.91. The Hall–Kier alpha value is -3.75. The van der Waals surface area contributed by atoms with Gasteiger partial charge in [0.1, 0.15) is 0 Å². The van der Waals surface area contributed by atoms with E-state index in [0.29, 0.717) is 34.5 Å². The smallest absolute Gasteiger partial charge is 0.339 e. The van der Waals surface area contributed by atoms with Crippen LogP contribution in [0.15, 0.2) is 40.9 Å². The molecule has 0 aliphatic heterocycles. The number of benzene rings is 1. The number of fused-ring (bicyclic) bond motifs is 1. The monoisotopic (exact) mass is 488 g/mol. The topological polar surface area (TPSA) is 123 Å². The Balaban J connectivity index is 1.11. The quantitative estimate of drug-likeness (QED) is 0.517. The maximum Gasteiger partial charge on any atom is 0.339 e. The molecule has 4 aliphatic carbocycles. The predicted octanol–water partition coefficient (Wildman–Crippen LogP) is 4.15. The van der Waals surface area contributed by atoms with E-state index < -0.39 is 24.5 Å². The average Bonchev–Trinajstić information content (AvgIpc) is 3.22. The maximum absolute atomic E-state index is 13.0. The maximum atomic E-state index is 13.0. The van der Waals surface area contributed by atoms with Gasteiger partial charge in [-0.25, -0.2) is 14.6 Å². The van der Waals surface area contributed by atoms with Gasteiger partial charge in [0.25, 0.3) is 11.6 Å². The number of aromatic nitrogens is 2. The number of amides is 3. The summed E-state index contributed by atoms with van der Waals surface area (Å²) in [4.78, 5) is 42.5. The highest BCUT2D eigenvalue weighted by Gasteiger charge is 2.51. The molecule has 36 heavy (non-hydrogen) atoms. The average molecular weight is 489 g/mol. The number of ether oxygens (including phenoxy) is 1. The van der Waals surface area contributed by atoms with Crippen LogP contribution in [0.5, 0.6) is 0 Å². The number of hydrogen-bond acceptors (Lipinski definition) is 7. The minimum absolute atomic E-state index is 0.198. The zero-order valence-corrected chi connectivity index (χ0v) is 20.1. The van der Waals surface area contributed by atoms with E-state index in [0.717, 1.165) is 24.8 Å². The van der Waals surface area contributed by atoms with E-state index in [4.69, 9.17) is 9.26 Å². The molecule has 0 spiro atoms. The Morgan fingerprint density at radius 3 is 2.39 bits per heavy atom. The van der Waals surface area contributed by atoms with Gasteiger partial charge in [-0.05, 0) is 69.3 Å². The summed E-state index contributed by atoms with van der Waals surface area (Å²) in [6.07, 6.45) is 6.73. The Kier molecular flexibility index (Phi) is 5.50. The highest BCUT2D eigenvalue weighted by atomic mass is 16.5. The molecule has 0 radical (unpaired) electrons. The highest BCUT2D eigenvalue weighted by molar-refractivity contribution is 6.05. The first-order valence-electron chi connectivity index (χ1n) is 12.5. The molecular formula is C27H28N4O5. The summed E-state index contributed by atoms with van der Waals surface area (Å²) in [5.41, 5.74) is 2.00. The van der Waals surface area contributed by atoms with Crippen molar-refractivity contribution in [3.63, 3.8) is 0 Å². The van der Waals surface area contributed by atoms with Crippen molar-refractivity contribution in [2.24, 2.45) is 17.8 Å². The van der Waals surface area contributed by atoms with Crippen LogP contribution in [-0.4, -0.2) is 40.2 Å². The summed E-state index contributed by atoms with van der Waals surface area (Å²) in [6, 6.07) is 10.4. The van der Waals surface area contributed by atoms with Gasteiger partial charge in [-0.3, -0.25) is 10.1 Å². The highest BCUT2D eigenvalue weighted by Crippen LogP contribution is 2.55. The van der Waals surface area contributed by atoms with Gasteiger partial charge in [0.2, 0.25) is 0 Å². The second kappa shape index (κ2) is 8.72. The van der Waals surface area contributed by atoms with E-state index in [2.05, 4.69) is 20.8 Å². The fourth-order valence-electron chi connectivity index (χ4n) is 6.92. The number of nitrogens with zero attached hydrogens (tertiary/aromatic N) is 2. The lowest BCUT2D eigenvalue weighted by Crippen LogP contribution is -2.62. The molecule has 2 N–H and O–H groups in total. The van der Waals surface area contributed by atoms with Gasteiger partial charge >= 0.3 is 12.0 Å². The lowest BCUT2D eigenvalue weighted by Gasteiger charge is -2.56. The molecule has 0 unspecified atom stereocenters. The minimum atomic E-state index is -0.720. The number of aryl methyl sites for hydroxylation is 1. The minimum Gasteiger partial charge on any atom is -0.452 e. The van der Waals surface area contributed by atoms with Crippen LogP contribution in [0.3, 0.4) is 0 Å². The van der Waals surface area contributed by atoms with Crippen LogP contribution in [0.4, 0.5) is 4.79 Å².